The SMILES string of the molecule is NC(=S)c1ccc(OCC2CCCO2)cc1F. The van der Waals surface area contributed by atoms with E-state index in [1.165, 1.54) is 12.1 Å². The molecule has 17 heavy (non-hydrogen) atoms. The lowest BCUT2D eigenvalue weighted by Crippen LogP contribution is -2.16. The smallest absolute Gasteiger partial charge is 0.137 e. The average Bonchev–Trinajstić information content (AvgIpc) is 2.78. The molecule has 1 aliphatic rings. The van der Waals surface area contributed by atoms with Gasteiger partial charge in [-0.3, -0.25) is 0 Å². The topological polar surface area (TPSA) is 44.5 Å². The Morgan fingerprint density at radius 3 is 3.00 bits per heavy atom. The van der Waals surface area contributed by atoms with Crippen LogP contribution in [0.25, 0.3) is 0 Å². The molecule has 0 radical (unpaired) electrons. The lowest BCUT2D eigenvalue weighted by Gasteiger charge is -2.12. The number of halogens is 1. The summed E-state index contributed by atoms with van der Waals surface area (Å²) in [5, 5.41) is 0. The molecule has 0 saturated carbocycles. The Hall–Kier alpha value is -1.20. The maximum Gasteiger partial charge on any atom is 0.137 e. The normalized spacial score (nSPS) is 19.2. The van der Waals surface area contributed by atoms with Gasteiger partial charge in [0, 0.05) is 18.2 Å². The summed E-state index contributed by atoms with van der Waals surface area (Å²) in [7, 11) is 0. The first-order valence-electron chi connectivity index (χ1n) is 5.50. The molecule has 1 aliphatic heterocycles. The highest BCUT2D eigenvalue weighted by atomic mass is 32.1. The molecule has 1 aromatic rings. The van der Waals surface area contributed by atoms with Crippen LogP contribution in [0.4, 0.5) is 4.39 Å². The zero-order valence-corrected chi connectivity index (χ0v) is 10.1. The fraction of sp³-hybridized carbons (Fsp3) is 0.417. The monoisotopic (exact) mass is 255 g/mol. The molecule has 1 unspecified atom stereocenters. The van der Waals surface area contributed by atoms with Crippen LogP contribution in [-0.4, -0.2) is 24.3 Å². The second-order valence-electron chi connectivity index (χ2n) is 3.95. The number of hydrogen-bond acceptors (Lipinski definition) is 3. The molecule has 0 spiro atoms. The number of benzene rings is 1. The Morgan fingerprint density at radius 2 is 2.41 bits per heavy atom. The standard InChI is InChI=1S/C12H14FNO2S/c13-11-6-8(3-4-10(11)12(14)17)16-7-9-2-1-5-15-9/h3-4,6,9H,1-2,5,7H2,(H2,14,17). The van der Waals surface area contributed by atoms with Crippen molar-refractivity contribution in [3.8, 4) is 5.75 Å². The van der Waals surface area contributed by atoms with E-state index in [0.717, 1.165) is 19.4 Å². The zero-order chi connectivity index (χ0) is 12.3. The van der Waals surface area contributed by atoms with Gasteiger partial charge in [-0.25, -0.2) is 4.39 Å². The summed E-state index contributed by atoms with van der Waals surface area (Å²) < 4.78 is 24.4. The van der Waals surface area contributed by atoms with Crippen molar-refractivity contribution in [3.63, 3.8) is 0 Å². The van der Waals surface area contributed by atoms with Crippen LogP contribution in [0.2, 0.25) is 0 Å². The molecule has 2 rings (SSSR count). The third-order valence-corrected chi connectivity index (χ3v) is 2.89. The minimum Gasteiger partial charge on any atom is -0.491 e. The fourth-order valence-electron chi connectivity index (χ4n) is 1.75. The van der Waals surface area contributed by atoms with Crippen molar-refractivity contribution < 1.29 is 13.9 Å². The predicted molar refractivity (Wildman–Crippen MR) is 66.8 cm³/mol. The highest BCUT2D eigenvalue weighted by Gasteiger charge is 2.16. The van der Waals surface area contributed by atoms with Gasteiger partial charge in [-0.05, 0) is 25.0 Å². The summed E-state index contributed by atoms with van der Waals surface area (Å²) in [6.07, 6.45) is 2.17. The van der Waals surface area contributed by atoms with Crippen LogP contribution in [0.15, 0.2) is 18.2 Å². The molecule has 0 aliphatic carbocycles. The van der Waals surface area contributed by atoms with Gasteiger partial charge in [0.2, 0.25) is 0 Å². The molecule has 0 amide bonds. The van der Waals surface area contributed by atoms with E-state index in [0.29, 0.717) is 12.4 Å². The van der Waals surface area contributed by atoms with Crippen molar-refractivity contribution in [2.24, 2.45) is 5.73 Å². The first kappa shape index (κ1) is 12.3. The Labute approximate surface area is 105 Å². The number of thiocarbonyl (C=S) groups is 1. The zero-order valence-electron chi connectivity index (χ0n) is 9.32. The van der Waals surface area contributed by atoms with Gasteiger partial charge in [-0.1, -0.05) is 12.2 Å². The summed E-state index contributed by atoms with van der Waals surface area (Å²) in [5.74, 6) is 0.0142. The van der Waals surface area contributed by atoms with Gasteiger partial charge in [0.25, 0.3) is 0 Å². The Kier molecular flexibility index (Phi) is 3.91. The molecular weight excluding hydrogens is 241 g/mol. The molecule has 2 N–H and O–H groups in total. The van der Waals surface area contributed by atoms with Crippen molar-refractivity contribution >= 4 is 17.2 Å². The molecule has 0 bridgehead atoms. The Morgan fingerprint density at radius 1 is 1.59 bits per heavy atom. The van der Waals surface area contributed by atoms with Gasteiger partial charge in [0.05, 0.1) is 6.10 Å². The third-order valence-electron chi connectivity index (χ3n) is 2.67. The summed E-state index contributed by atoms with van der Waals surface area (Å²) >= 11 is 4.72. The lowest BCUT2D eigenvalue weighted by atomic mass is 10.2. The van der Waals surface area contributed by atoms with Crippen LogP contribution in [0.3, 0.4) is 0 Å². The molecule has 1 heterocycles. The van der Waals surface area contributed by atoms with Crippen molar-refractivity contribution in [2.75, 3.05) is 13.2 Å². The molecule has 92 valence electrons. The molecule has 1 fully saturated rings. The first-order chi connectivity index (χ1) is 8.16. The van der Waals surface area contributed by atoms with Gasteiger partial charge >= 0.3 is 0 Å². The van der Waals surface area contributed by atoms with Crippen molar-refractivity contribution in [1.82, 2.24) is 0 Å². The van der Waals surface area contributed by atoms with Crippen LogP contribution in [0.1, 0.15) is 18.4 Å². The molecular formula is C12H14FNO2S. The van der Waals surface area contributed by atoms with E-state index in [-0.39, 0.29) is 16.7 Å². The van der Waals surface area contributed by atoms with Crippen molar-refractivity contribution in [3.05, 3.63) is 29.6 Å². The van der Waals surface area contributed by atoms with Crippen LogP contribution >= 0.6 is 12.2 Å². The number of rotatable bonds is 4. The largest absolute Gasteiger partial charge is 0.491 e. The number of nitrogens with two attached hydrogens (primary N) is 1. The maximum absolute atomic E-state index is 13.5. The molecule has 5 heteroatoms. The minimum atomic E-state index is -0.456. The van der Waals surface area contributed by atoms with Crippen LogP contribution in [0, 0.1) is 5.82 Å². The first-order valence-corrected chi connectivity index (χ1v) is 5.91. The quantitative estimate of drug-likeness (QED) is 0.836. The molecule has 1 saturated heterocycles. The van der Waals surface area contributed by atoms with Gasteiger partial charge in [0.1, 0.15) is 23.2 Å². The summed E-state index contributed by atoms with van der Waals surface area (Å²) in [5.41, 5.74) is 5.61. The molecule has 0 aromatic heterocycles. The van der Waals surface area contributed by atoms with E-state index in [9.17, 15) is 4.39 Å². The van der Waals surface area contributed by atoms with Crippen molar-refractivity contribution in [1.29, 1.82) is 0 Å². The second kappa shape index (κ2) is 5.42. The average molecular weight is 255 g/mol. The van der Waals surface area contributed by atoms with Gasteiger partial charge < -0.3 is 15.2 Å². The third kappa shape index (κ3) is 3.14. The second-order valence-corrected chi connectivity index (χ2v) is 4.39. The summed E-state index contributed by atoms with van der Waals surface area (Å²) in [4.78, 5) is 0.0492. The molecule has 3 nitrogen and oxygen atoms in total. The fourth-order valence-corrected chi connectivity index (χ4v) is 1.92. The molecule has 1 atom stereocenters. The number of ether oxygens (including phenoxy) is 2. The van der Waals surface area contributed by atoms with Gasteiger partial charge in [0.15, 0.2) is 0 Å². The van der Waals surface area contributed by atoms with E-state index in [1.807, 2.05) is 0 Å². The van der Waals surface area contributed by atoms with Crippen molar-refractivity contribution in [2.45, 2.75) is 18.9 Å². The van der Waals surface area contributed by atoms with Gasteiger partial charge in [-0.2, -0.15) is 0 Å². The van der Waals surface area contributed by atoms with E-state index >= 15 is 0 Å². The highest BCUT2D eigenvalue weighted by molar-refractivity contribution is 7.80. The van der Waals surface area contributed by atoms with E-state index < -0.39 is 5.82 Å². The van der Waals surface area contributed by atoms with Gasteiger partial charge in [-0.15, -0.1) is 0 Å². The van der Waals surface area contributed by atoms with E-state index in [2.05, 4.69) is 0 Å². The van der Waals surface area contributed by atoms with Crippen LogP contribution < -0.4 is 10.5 Å². The predicted octanol–water partition coefficient (Wildman–Crippen LogP) is 2.02. The molecule has 1 aromatic carbocycles. The Bertz CT molecular complexity index is 419. The van der Waals surface area contributed by atoms with Crippen LogP contribution in [0.5, 0.6) is 5.75 Å². The lowest BCUT2D eigenvalue weighted by molar-refractivity contribution is 0.0678. The highest BCUT2D eigenvalue weighted by Crippen LogP contribution is 2.19. The summed E-state index contributed by atoms with van der Waals surface area (Å²) in [6, 6.07) is 4.48. The Balaban J connectivity index is 1.97. The van der Waals surface area contributed by atoms with E-state index in [1.54, 1.807) is 6.07 Å². The summed E-state index contributed by atoms with van der Waals surface area (Å²) in [6.45, 7) is 1.23. The van der Waals surface area contributed by atoms with E-state index in [4.69, 9.17) is 27.4 Å². The minimum absolute atomic E-state index is 0.0492. The van der Waals surface area contributed by atoms with Crippen LogP contribution in [-0.2, 0) is 4.74 Å². The maximum atomic E-state index is 13.5. The number of hydrogen-bond donors (Lipinski definition) is 1.